The van der Waals surface area contributed by atoms with Gasteiger partial charge in [-0.05, 0) is 18.6 Å². The van der Waals surface area contributed by atoms with Crippen LogP contribution in [0.3, 0.4) is 0 Å². The third-order valence-electron chi connectivity index (χ3n) is 1.18. The molecule has 4 heteroatoms. The van der Waals surface area contributed by atoms with Crippen LogP contribution >= 0.6 is 24.8 Å². The van der Waals surface area contributed by atoms with Gasteiger partial charge in [0.25, 0.3) is 0 Å². The maximum atomic E-state index is 5.34. The molecule has 1 aromatic heterocycles. The van der Waals surface area contributed by atoms with Crippen LogP contribution in [0, 0.1) is 6.92 Å². The molecule has 11 heavy (non-hydrogen) atoms. The molecule has 1 rings (SSSR count). The Morgan fingerprint density at radius 2 is 2.00 bits per heavy atom. The second-order valence-corrected chi connectivity index (χ2v) is 2.03. The molecule has 2 N–H and O–H groups in total. The lowest BCUT2D eigenvalue weighted by atomic mass is 10.3. The topological polar surface area (TPSA) is 38.9 Å². The molecule has 2 nitrogen and oxygen atoms in total. The van der Waals surface area contributed by atoms with Crippen molar-refractivity contribution >= 4 is 24.8 Å². The Morgan fingerprint density at radius 3 is 2.36 bits per heavy atom. The minimum absolute atomic E-state index is 0. The van der Waals surface area contributed by atoms with E-state index in [2.05, 4.69) is 4.98 Å². The zero-order chi connectivity index (χ0) is 6.69. The van der Waals surface area contributed by atoms with Crippen LogP contribution in [0.2, 0.25) is 0 Å². The van der Waals surface area contributed by atoms with Crippen LogP contribution in [0.25, 0.3) is 0 Å². The summed E-state index contributed by atoms with van der Waals surface area (Å²) in [6, 6.07) is 3.95. The van der Waals surface area contributed by atoms with Gasteiger partial charge in [-0.1, -0.05) is 6.07 Å². The van der Waals surface area contributed by atoms with Crippen molar-refractivity contribution in [2.24, 2.45) is 5.73 Å². The average molecular weight is 195 g/mol. The molecular formula is C7H12Cl2N2. The predicted molar refractivity (Wildman–Crippen MR) is 51.4 cm³/mol. The Balaban J connectivity index is 0. The van der Waals surface area contributed by atoms with E-state index in [0.717, 1.165) is 5.69 Å². The van der Waals surface area contributed by atoms with Gasteiger partial charge in [0.05, 0.1) is 5.69 Å². The highest BCUT2D eigenvalue weighted by Gasteiger charge is 1.86. The zero-order valence-electron chi connectivity index (χ0n) is 6.28. The molecule has 0 aliphatic heterocycles. The smallest absolute Gasteiger partial charge is 0.0539 e. The zero-order valence-corrected chi connectivity index (χ0v) is 7.91. The number of halogens is 2. The van der Waals surface area contributed by atoms with Gasteiger partial charge < -0.3 is 5.73 Å². The first-order valence-electron chi connectivity index (χ1n) is 2.94. The van der Waals surface area contributed by atoms with Crippen molar-refractivity contribution in [2.75, 3.05) is 0 Å². The summed E-state index contributed by atoms with van der Waals surface area (Å²) in [5.74, 6) is 0. The van der Waals surface area contributed by atoms with E-state index in [1.165, 1.54) is 5.56 Å². The minimum atomic E-state index is 0. The fourth-order valence-corrected chi connectivity index (χ4v) is 0.619. The summed E-state index contributed by atoms with van der Waals surface area (Å²) in [5.41, 5.74) is 7.46. The highest BCUT2D eigenvalue weighted by Crippen LogP contribution is 1.95. The largest absolute Gasteiger partial charge is 0.325 e. The van der Waals surface area contributed by atoms with Crippen LogP contribution < -0.4 is 5.73 Å². The van der Waals surface area contributed by atoms with Gasteiger partial charge in [0.1, 0.15) is 0 Å². The van der Waals surface area contributed by atoms with E-state index in [4.69, 9.17) is 5.73 Å². The Bertz CT molecular complexity index is 186. The Hall–Kier alpha value is -0.310. The first-order chi connectivity index (χ1) is 4.33. The Morgan fingerprint density at radius 1 is 1.36 bits per heavy atom. The lowest BCUT2D eigenvalue weighted by molar-refractivity contribution is 0.984. The second-order valence-electron chi connectivity index (χ2n) is 2.03. The van der Waals surface area contributed by atoms with Crippen LogP contribution in [-0.2, 0) is 6.54 Å². The number of nitrogens with zero attached hydrogens (tertiary/aromatic N) is 1. The molecule has 0 aliphatic rings. The number of pyridine rings is 1. The maximum absolute atomic E-state index is 5.34. The van der Waals surface area contributed by atoms with E-state index in [-0.39, 0.29) is 24.8 Å². The van der Waals surface area contributed by atoms with Gasteiger partial charge in [-0.25, -0.2) is 0 Å². The number of aryl methyl sites for hydroxylation is 1. The minimum Gasteiger partial charge on any atom is -0.325 e. The lowest BCUT2D eigenvalue weighted by Crippen LogP contribution is -1.98. The molecular weight excluding hydrogens is 183 g/mol. The quantitative estimate of drug-likeness (QED) is 0.740. The Labute approximate surface area is 79.0 Å². The van der Waals surface area contributed by atoms with Crippen molar-refractivity contribution < 1.29 is 0 Å². The first-order valence-corrected chi connectivity index (χ1v) is 2.94. The summed E-state index contributed by atoms with van der Waals surface area (Å²) in [4.78, 5) is 4.07. The van der Waals surface area contributed by atoms with E-state index < -0.39 is 0 Å². The van der Waals surface area contributed by atoms with Gasteiger partial charge in [0, 0.05) is 12.7 Å². The van der Waals surface area contributed by atoms with Gasteiger partial charge in [0.2, 0.25) is 0 Å². The molecule has 0 spiro atoms. The summed E-state index contributed by atoms with van der Waals surface area (Å²) in [7, 11) is 0. The molecule has 0 radical (unpaired) electrons. The van der Waals surface area contributed by atoms with Crippen molar-refractivity contribution in [3.8, 4) is 0 Å². The summed E-state index contributed by atoms with van der Waals surface area (Å²) in [6.45, 7) is 2.54. The molecule has 1 aromatic rings. The van der Waals surface area contributed by atoms with Crippen LogP contribution in [0.5, 0.6) is 0 Å². The monoisotopic (exact) mass is 194 g/mol. The Kier molecular flexibility index (Phi) is 7.74. The highest BCUT2D eigenvalue weighted by molar-refractivity contribution is 5.85. The van der Waals surface area contributed by atoms with Gasteiger partial charge in [-0.15, -0.1) is 24.8 Å². The van der Waals surface area contributed by atoms with Crippen molar-refractivity contribution in [1.82, 2.24) is 4.98 Å². The molecule has 0 aliphatic carbocycles. The fourth-order valence-electron chi connectivity index (χ4n) is 0.619. The van der Waals surface area contributed by atoms with E-state index in [1.807, 2.05) is 25.3 Å². The molecule has 0 saturated heterocycles. The van der Waals surface area contributed by atoms with Crippen molar-refractivity contribution in [2.45, 2.75) is 13.5 Å². The van der Waals surface area contributed by atoms with Crippen molar-refractivity contribution in [3.63, 3.8) is 0 Å². The van der Waals surface area contributed by atoms with Crippen LogP contribution in [0.4, 0.5) is 0 Å². The SMILES string of the molecule is Cc1ccc(CN)nc1.Cl.Cl. The number of hydrogen-bond acceptors (Lipinski definition) is 2. The molecule has 0 atom stereocenters. The van der Waals surface area contributed by atoms with Crippen molar-refractivity contribution in [3.05, 3.63) is 29.6 Å². The van der Waals surface area contributed by atoms with Gasteiger partial charge in [-0.3, -0.25) is 4.98 Å². The van der Waals surface area contributed by atoms with Crippen molar-refractivity contribution in [1.29, 1.82) is 0 Å². The van der Waals surface area contributed by atoms with E-state index in [0.29, 0.717) is 6.54 Å². The average Bonchev–Trinajstić information content (AvgIpc) is 1.90. The maximum Gasteiger partial charge on any atom is 0.0539 e. The molecule has 0 saturated carbocycles. The molecule has 1 heterocycles. The number of hydrogen-bond donors (Lipinski definition) is 1. The number of aromatic nitrogens is 1. The molecule has 64 valence electrons. The molecule has 0 aromatic carbocycles. The summed E-state index contributed by atoms with van der Waals surface area (Å²) >= 11 is 0. The highest BCUT2D eigenvalue weighted by atomic mass is 35.5. The predicted octanol–water partition coefficient (Wildman–Crippen LogP) is 1.69. The van der Waals surface area contributed by atoms with Gasteiger partial charge >= 0.3 is 0 Å². The summed E-state index contributed by atoms with van der Waals surface area (Å²) in [5, 5.41) is 0. The first kappa shape index (κ1) is 13.3. The summed E-state index contributed by atoms with van der Waals surface area (Å²) in [6.07, 6.45) is 1.82. The molecule has 0 fully saturated rings. The van der Waals surface area contributed by atoms with Crippen LogP contribution in [0.1, 0.15) is 11.3 Å². The third-order valence-corrected chi connectivity index (χ3v) is 1.18. The van der Waals surface area contributed by atoms with Crippen LogP contribution in [-0.4, -0.2) is 4.98 Å². The van der Waals surface area contributed by atoms with E-state index in [1.54, 1.807) is 0 Å². The number of rotatable bonds is 1. The standard InChI is InChI=1S/C7H10N2.2ClH/c1-6-2-3-7(4-8)9-5-6;;/h2-3,5H,4,8H2,1H3;2*1H. The molecule has 0 unspecified atom stereocenters. The molecule has 0 bridgehead atoms. The van der Waals surface area contributed by atoms with E-state index >= 15 is 0 Å². The second kappa shape index (κ2) is 6.40. The van der Waals surface area contributed by atoms with Gasteiger partial charge in [0.15, 0.2) is 0 Å². The lowest BCUT2D eigenvalue weighted by Gasteiger charge is -1.93. The normalized spacial score (nSPS) is 7.82. The number of nitrogens with two attached hydrogens (primary N) is 1. The fraction of sp³-hybridized carbons (Fsp3) is 0.286. The van der Waals surface area contributed by atoms with Gasteiger partial charge in [-0.2, -0.15) is 0 Å². The summed E-state index contributed by atoms with van der Waals surface area (Å²) < 4.78 is 0. The third kappa shape index (κ3) is 4.19. The molecule has 0 amide bonds. The van der Waals surface area contributed by atoms with E-state index in [9.17, 15) is 0 Å². The van der Waals surface area contributed by atoms with Crippen LogP contribution in [0.15, 0.2) is 18.3 Å².